The van der Waals surface area contributed by atoms with Crippen LogP contribution in [0.15, 0.2) is 30.3 Å². The van der Waals surface area contributed by atoms with Crippen molar-refractivity contribution in [3.05, 3.63) is 35.9 Å². The molecule has 0 aromatic heterocycles. The standard InChI is InChI=1S/C9H12.C8H15NO2.2C8H15NO.C8H17N.C7H16N2.C7H15NO.C7H13NO.C7H15N/c1-8(2)9-6-4-3-5-7-9;1-7(2)8(10)9-3-5-11-6-4-9;1-7(2)8(10)9-5-3-4-6-9;1-7(2)9-6-4-3-5-8(9)10;1-8(2)9-6-4-3-5-7-9;1-7(2)9-5-3-8-4-6-9;1-7(2)8-3-5-9-6-4-8;1-6(2)8-5-3-4-7(8)9;1-7(2)8-5-3-4-6-8/h3-8H,1-2H3;7H,3-6H2,1-2H3;2*7H,3-6H2,1-2H3;8H,3-7H2,1-2H3;7-8H,3-6H2,1-2H3;7H,3-6H2,1-2H3;6H,3-5H2,1-2H3;7H,3-6H2,1-2H3. The summed E-state index contributed by atoms with van der Waals surface area (Å²) in [5.74, 6) is 2.18. The molecule has 1 N–H and O–H groups in total. The number of benzene rings is 1. The maximum absolute atomic E-state index is 11.4. The van der Waals surface area contributed by atoms with E-state index in [4.69, 9.17) is 9.47 Å². The van der Waals surface area contributed by atoms with Crippen molar-refractivity contribution in [3.63, 3.8) is 0 Å². The number of nitrogens with zero attached hydrogens (tertiary/aromatic N) is 8. The molecule has 0 atom stereocenters. The van der Waals surface area contributed by atoms with E-state index in [1.807, 2.05) is 53.4 Å². The molecule has 0 unspecified atom stereocenters. The van der Waals surface area contributed by atoms with E-state index < -0.39 is 0 Å². The molecule has 8 aliphatic heterocycles. The Morgan fingerprint density at radius 2 is 0.702 bits per heavy atom. The lowest BCUT2D eigenvalue weighted by Crippen LogP contribution is -2.46. The van der Waals surface area contributed by atoms with Crippen LogP contribution < -0.4 is 5.32 Å². The number of carbonyl (C=O) groups is 4. The summed E-state index contributed by atoms with van der Waals surface area (Å²) < 4.78 is 10.3. The van der Waals surface area contributed by atoms with Gasteiger partial charge in [-0.3, -0.25) is 29.0 Å². The highest BCUT2D eigenvalue weighted by Crippen LogP contribution is 2.16. The Balaban J connectivity index is 0.000000473. The summed E-state index contributed by atoms with van der Waals surface area (Å²) in [6.07, 6.45) is 14.3. The van der Waals surface area contributed by atoms with Gasteiger partial charge in [-0.15, -0.1) is 0 Å². The van der Waals surface area contributed by atoms with Crippen molar-refractivity contribution in [1.82, 2.24) is 44.5 Å². The Hall–Kier alpha value is -3.18. The van der Waals surface area contributed by atoms with Gasteiger partial charge in [0.1, 0.15) is 0 Å². The summed E-state index contributed by atoms with van der Waals surface area (Å²) in [5.41, 5.74) is 1.41. The van der Waals surface area contributed by atoms with Crippen LogP contribution in [0.25, 0.3) is 0 Å². The molecule has 0 bridgehead atoms. The van der Waals surface area contributed by atoms with Crippen LogP contribution in [0.2, 0.25) is 0 Å². The number of piperazine rings is 1. The second-order valence-electron chi connectivity index (χ2n) is 26.4. The number of amides is 4. The van der Waals surface area contributed by atoms with E-state index in [-0.39, 0.29) is 17.7 Å². The molecule has 1 aromatic carbocycles. The first-order chi connectivity index (χ1) is 39.9. The zero-order chi connectivity index (χ0) is 63.0. The van der Waals surface area contributed by atoms with Crippen molar-refractivity contribution < 1.29 is 28.7 Å². The van der Waals surface area contributed by atoms with Crippen molar-refractivity contribution in [2.24, 2.45) is 11.8 Å². The summed E-state index contributed by atoms with van der Waals surface area (Å²) in [5, 5.41) is 3.33. The largest absolute Gasteiger partial charge is 0.379 e. The molecule has 8 fully saturated rings. The second-order valence-corrected chi connectivity index (χ2v) is 26.4. The number of piperidine rings is 2. The summed E-state index contributed by atoms with van der Waals surface area (Å²) in [6, 6.07) is 14.3. The quantitative estimate of drug-likeness (QED) is 0.254. The minimum atomic E-state index is 0.119. The van der Waals surface area contributed by atoms with Crippen LogP contribution in [-0.2, 0) is 28.7 Å². The van der Waals surface area contributed by atoms with Crippen LogP contribution in [-0.4, -0.2) is 230 Å². The fourth-order valence-corrected chi connectivity index (χ4v) is 10.9. The van der Waals surface area contributed by atoms with Crippen LogP contribution in [0.1, 0.15) is 213 Å². The first-order valence-corrected chi connectivity index (χ1v) is 33.9. The summed E-state index contributed by atoms with van der Waals surface area (Å²) in [4.78, 5) is 62.5. The minimum absolute atomic E-state index is 0.119. The lowest BCUT2D eigenvalue weighted by atomic mass is 10.0. The van der Waals surface area contributed by atoms with Crippen LogP contribution in [0.4, 0.5) is 0 Å². The first-order valence-electron chi connectivity index (χ1n) is 33.9. The third-order valence-electron chi connectivity index (χ3n) is 16.6. The number of likely N-dealkylation sites (tertiary alicyclic amines) is 5. The fraction of sp³-hybridized carbons (Fsp3) is 0.855. The van der Waals surface area contributed by atoms with Crippen molar-refractivity contribution in [3.8, 4) is 0 Å². The maximum Gasteiger partial charge on any atom is 0.225 e. The predicted octanol–water partition coefficient (Wildman–Crippen LogP) is 11.4. The van der Waals surface area contributed by atoms with Gasteiger partial charge in [-0.1, -0.05) is 78.3 Å². The number of rotatable bonds is 9. The lowest BCUT2D eigenvalue weighted by molar-refractivity contribution is -0.138. The fourth-order valence-electron chi connectivity index (χ4n) is 10.9. The predicted molar refractivity (Wildman–Crippen MR) is 354 cm³/mol. The minimum Gasteiger partial charge on any atom is -0.379 e. The van der Waals surface area contributed by atoms with Crippen molar-refractivity contribution in [2.45, 2.75) is 244 Å². The third kappa shape index (κ3) is 35.6. The van der Waals surface area contributed by atoms with Gasteiger partial charge in [0.05, 0.1) is 26.4 Å². The van der Waals surface area contributed by atoms with Gasteiger partial charge in [-0.25, -0.2) is 0 Å². The Labute approximate surface area is 517 Å². The van der Waals surface area contributed by atoms with Crippen LogP contribution >= 0.6 is 0 Å². The number of ether oxygens (including phenoxy) is 2. The maximum atomic E-state index is 11.4. The molecule has 4 amide bonds. The molecular formula is C69H133N9O6. The number of hydrogen-bond acceptors (Lipinski definition) is 11. The molecular weight excluding hydrogens is 1050 g/mol. The average molecular weight is 1180 g/mol. The number of carbonyl (C=O) groups excluding carboxylic acids is 4. The topological polar surface area (TPSA) is 125 Å². The molecule has 0 spiro atoms. The van der Waals surface area contributed by atoms with Gasteiger partial charge in [0.25, 0.3) is 0 Å². The van der Waals surface area contributed by atoms with E-state index >= 15 is 0 Å². The molecule has 84 heavy (non-hydrogen) atoms. The van der Waals surface area contributed by atoms with Gasteiger partial charge in [0.15, 0.2) is 0 Å². The number of nitrogens with one attached hydrogen (secondary N) is 1. The van der Waals surface area contributed by atoms with E-state index in [1.165, 1.54) is 96.2 Å². The van der Waals surface area contributed by atoms with E-state index in [2.05, 4.69) is 146 Å². The number of morpholine rings is 2. The molecule has 490 valence electrons. The van der Waals surface area contributed by atoms with Crippen LogP contribution in [0.5, 0.6) is 0 Å². The summed E-state index contributed by atoms with van der Waals surface area (Å²) in [6.45, 7) is 59.5. The Morgan fingerprint density at radius 3 is 1.01 bits per heavy atom. The van der Waals surface area contributed by atoms with Gasteiger partial charge in [-0.2, -0.15) is 0 Å². The molecule has 1 aromatic rings. The van der Waals surface area contributed by atoms with Crippen LogP contribution in [0.3, 0.4) is 0 Å². The summed E-state index contributed by atoms with van der Waals surface area (Å²) >= 11 is 0. The van der Waals surface area contributed by atoms with Crippen molar-refractivity contribution in [1.29, 1.82) is 0 Å². The van der Waals surface area contributed by atoms with Gasteiger partial charge in [0, 0.05) is 139 Å². The molecule has 8 saturated heterocycles. The van der Waals surface area contributed by atoms with Gasteiger partial charge >= 0.3 is 0 Å². The Bertz CT molecular complexity index is 1730. The van der Waals surface area contributed by atoms with E-state index in [0.717, 1.165) is 122 Å². The lowest BCUT2D eigenvalue weighted by Gasteiger charge is -2.30. The van der Waals surface area contributed by atoms with Gasteiger partial charge < -0.3 is 44.2 Å². The molecule has 0 saturated carbocycles. The molecule has 8 aliphatic rings. The zero-order valence-corrected chi connectivity index (χ0v) is 57.7. The third-order valence-corrected chi connectivity index (χ3v) is 16.6. The SMILES string of the molecule is CC(C)C(=O)N1CCCC1.CC(C)C(=O)N1CCOCC1.CC(C)N1CCCC1.CC(C)N1CCCC1=O.CC(C)N1CCCCC1.CC(C)N1CCCCC1=O.CC(C)N1CCNCC1.CC(C)N1CCOCC1.CC(C)c1ccccc1. The van der Waals surface area contributed by atoms with E-state index in [1.54, 1.807) is 0 Å². The number of hydrogen-bond donors (Lipinski definition) is 1. The second kappa shape index (κ2) is 46.9. The summed E-state index contributed by atoms with van der Waals surface area (Å²) in [7, 11) is 0. The van der Waals surface area contributed by atoms with Crippen molar-refractivity contribution >= 4 is 23.6 Å². The molecule has 0 aliphatic carbocycles. The van der Waals surface area contributed by atoms with Crippen LogP contribution in [0, 0.1) is 11.8 Å². The highest BCUT2D eigenvalue weighted by Gasteiger charge is 2.24. The van der Waals surface area contributed by atoms with E-state index in [0.29, 0.717) is 55.0 Å². The van der Waals surface area contributed by atoms with Crippen molar-refractivity contribution in [2.75, 3.05) is 131 Å². The normalized spacial score (nSPS) is 19.9. The van der Waals surface area contributed by atoms with Gasteiger partial charge in [-0.05, 0) is 179 Å². The molecule has 15 heteroatoms. The average Bonchev–Trinajstić information content (AvgIpc) is 4.44. The Kier molecular flexibility index (Phi) is 44.0. The molecule has 8 heterocycles. The Morgan fingerprint density at radius 1 is 0.369 bits per heavy atom. The molecule has 15 nitrogen and oxygen atoms in total. The van der Waals surface area contributed by atoms with E-state index in [9.17, 15) is 19.2 Å². The zero-order valence-electron chi connectivity index (χ0n) is 57.7. The molecule has 0 radical (unpaired) electrons. The van der Waals surface area contributed by atoms with Gasteiger partial charge in [0.2, 0.25) is 23.6 Å². The smallest absolute Gasteiger partial charge is 0.225 e. The monoisotopic (exact) mass is 1180 g/mol. The molecule has 9 rings (SSSR count). The highest BCUT2D eigenvalue weighted by atomic mass is 16.5. The highest BCUT2D eigenvalue weighted by molar-refractivity contribution is 5.79. The first kappa shape index (κ1) is 78.8.